The molecule has 0 aliphatic rings. The van der Waals surface area contributed by atoms with Crippen molar-refractivity contribution in [2.45, 2.75) is 20.8 Å². The van der Waals surface area contributed by atoms with Crippen LogP contribution in [-0.4, -0.2) is 13.1 Å². The molecule has 0 radical (unpaired) electrons. The smallest absolute Gasteiger partial charge is 0.0861 e. The van der Waals surface area contributed by atoms with Gasteiger partial charge in [0.25, 0.3) is 0 Å². The first-order valence-electron chi connectivity index (χ1n) is 7.07. The third-order valence-electron chi connectivity index (χ3n) is 3.32. The fourth-order valence-electron chi connectivity index (χ4n) is 2.23. The summed E-state index contributed by atoms with van der Waals surface area (Å²) in [7, 11) is 0. The molecule has 104 valence electrons. The summed E-state index contributed by atoms with van der Waals surface area (Å²) >= 11 is 0. The van der Waals surface area contributed by atoms with E-state index in [2.05, 4.69) is 48.0 Å². The fraction of sp³-hybridized carbons (Fsp3) is 0.294. The number of hydrogen-bond acceptors (Lipinski definition) is 3. The van der Waals surface area contributed by atoms with Gasteiger partial charge in [0, 0.05) is 18.8 Å². The van der Waals surface area contributed by atoms with Crippen molar-refractivity contribution in [3.8, 4) is 0 Å². The summed E-state index contributed by atoms with van der Waals surface area (Å²) in [6.45, 7) is 8.50. The Hall–Kier alpha value is -2.16. The van der Waals surface area contributed by atoms with Gasteiger partial charge in [-0.3, -0.25) is 0 Å². The molecule has 0 aromatic heterocycles. The molecule has 0 bridgehead atoms. The third-order valence-corrected chi connectivity index (χ3v) is 3.32. The van der Waals surface area contributed by atoms with Crippen molar-refractivity contribution in [1.82, 2.24) is 0 Å². The maximum Gasteiger partial charge on any atom is 0.0861 e. The van der Waals surface area contributed by atoms with Gasteiger partial charge < -0.3 is 4.90 Å². The van der Waals surface area contributed by atoms with Gasteiger partial charge in [0.15, 0.2) is 0 Å². The Morgan fingerprint density at radius 3 is 2.10 bits per heavy atom. The van der Waals surface area contributed by atoms with E-state index in [0.29, 0.717) is 0 Å². The van der Waals surface area contributed by atoms with E-state index in [1.165, 1.54) is 11.3 Å². The van der Waals surface area contributed by atoms with E-state index in [9.17, 15) is 0 Å². The maximum absolute atomic E-state index is 4.30. The maximum atomic E-state index is 4.30. The highest BCUT2D eigenvalue weighted by Gasteiger charge is 2.05. The highest BCUT2D eigenvalue weighted by Crippen LogP contribution is 2.26. The Kier molecular flexibility index (Phi) is 4.88. The molecule has 3 heteroatoms. The second kappa shape index (κ2) is 6.85. The molecule has 20 heavy (non-hydrogen) atoms. The van der Waals surface area contributed by atoms with Crippen molar-refractivity contribution in [2.24, 2.45) is 10.2 Å². The minimum atomic E-state index is 0.873. The van der Waals surface area contributed by atoms with E-state index >= 15 is 0 Å². The predicted octanol–water partition coefficient (Wildman–Crippen LogP) is 5.26. The third kappa shape index (κ3) is 3.44. The summed E-state index contributed by atoms with van der Waals surface area (Å²) < 4.78 is 0. The minimum absolute atomic E-state index is 0.873. The van der Waals surface area contributed by atoms with Gasteiger partial charge >= 0.3 is 0 Å². The van der Waals surface area contributed by atoms with Crippen molar-refractivity contribution < 1.29 is 0 Å². The number of anilines is 1. The Bertz CT molecular complexity index is 572. The van der Waals surface area contributed by atoms with Crippen LogP contribution < -0.4 is 4.90 Å². The first kappa shape index (κ1) is 14.3. The number of rotatable bonds is 5. The number of hydrogen-bond donors (Lipinski definition) is 0. The molecular formula is C17H21N3. The second-order valence-corrected chi connectivity index (χ2v) is 4.68. The second-order valence-electron chi connectivity index (χ2n) is 4.68. The Morgan fingerprint density at radius 1 is 0.850 bits per heavy atom. The monoisotopic (exact) mass is 267 g/mol. The van der Waals surface area contributed by atoms with Crippen LogP contribution in [0.1, 0.15) is 19.4 Å². The van der Waals surface area contributed by atoms with Gasteiger partial charge in [-0.2, -0.15) is 10.2 Å². The van der Waals surface area contributed by atoms with E-state index in [1.54, 1.807) is 0 Å². The average Bonchev–Trinajstić information content (AvgIpc) is 2.49. The molecule has 0 unspecified atom stereocenters. The molecule has 3 nitrogen and oxygen atoms in total. The summed E-state index contributed by atoms with van der Waals surface area (Å²) in [5, 5.41) is 8.54. The van der Waals surface area contributed by atoms with Crippen LogP contribution in [0.25, 0.3) is 0 Å². The molecule has 0 fully saturated rings. The Morgan fingerprint density at radius 2 is 1.50 bits per heavy atom. The molecule has 2 aromatic rings. The zero-order valence-electron chi connectivity index (χ0n) is 12.4. The quantitative estimate of drug-likeness (QED) is 0.679. The van der Waals surface area contributed by atoms with Gasteiger partial charge in [-0.25, -0.2) is 0 Å². The highest BCUT2D eigenvalue weighted by molar-refractivity contribution is 5.58. The van der Waals surface area contributed by atoms with Crippen LogP contribution in [-0.2, 0) is 0 Å². The number of azo groups is 1. The molecule has 2 rings (SSSR count). The van der Waals surface area contributed by atoms with E-state index in [4.69, 9.17) is 0 Å². The van der Waals surface area contributed by atoms with E-state index in [-0.39, 0.29) is 0 Å². The van der Waals surface area contributed by atoms with E-state index in [1.807, 2.05) is 36.4 Å². The van der Waals surface area contributed by atoms with Crippen LogP contribution in [0.15, 0.2) is 58.8 Å². The van der Waals surface area contributed by atoms with Gasteiger partial charge in [0.1, 0.15) is 0 Å². The molecule has 0 heterocycles. The van der Waals surface area contributed by atoms with Gasteiger partial charge in [0.05, 0.1) is 11.4 Å². The Labute approximate surface area is 121 Å². The molecule has 0 aliphatic heterocycles. The minimum Gasteiger partial charge on any atom is -0.372 e. The summed E-state index contributed by atoms with van der Waals surface area (Å²) in [6, 6.07) is 16.0. The molecule has 0 saturated heterocycles. The van der Waals surface area contributed by atoms with E-state index < -0.39 is 0 Å². The van der Waals surface area contributed by atoms with Crippen molar-refractivity contribution >= 4 is 17.1 Å². The number of aryl methyl sites for hydroxylation is 1. The number of nitrogens with zero attached hydrogens (tertiary/aromatic N) is 3. The van der Waals surface area contributed by atoms with E-state index in [0.717, 1.165) is 24.5 Å². The summed E-state index contributed by atoms with van der Waals surface area (Å²) in [6.07, 6.45) is 0. The molecule has 0 amide bonds. The zero-order chi connectivity index (χ0) is 14.4. The van der Waals surface area contributed by atoms with Crippen molar-refractivity contribution in [1.29, 1.82) is 0 Å². The van der Waals surface area contributed by atoms with Gasteiger partial charge in [-0.05, 0) is 56.7 Å². The molecule has 0 spiro atoms. The molecule has 0 atom stereocenters. The lowest BCUT2D eigenvalue weighted by Gasteiger charge is -2.23. The lowest BCUT2D eigenvalue weighted by molar-refractivity contribution is 0.862. The molecule has 2 aromatic carbocycles. The standard InChI is InChI=1S/C17H21N3/c1-4-20(5-2)17-12-11-16(13-14(17)3)19-18-15-9-7-6-8-10-15/h6-13H,4-5H2,1-3H3. The first-order valence-corrected chi connectivity index (χ1v) is 7.07. The highest BCUT2D eigenvalue weighted by atomic mass is 15.1. The van der Waals surface area contributed by atoms with Crippen LogP contribution in [0.5, 0.6) is 0 Å². The van der Waals surface area contributed by atoms with Crippen LogP contribution in [0.4, 0.5) is 17.1 Å². The van der Waals surface area contributed by atoms with Crippen LogP contribution >= 0.6 is 0 Å². The van der Waals surface area contributed by atoms with Crippen molar-refractivity contribution in [3.63, 3.8) is 0 Å². The van der Waals surface area contributed by atoms with Gasteiger partial charge in [0.2, 0.25) is 0 Å². The Balaban J connectivity index is 2.19. The number of benzene rings is 2. The zero-order valence-corrected chi connectivity index (χ0v) is 12.4. The molecule has 0 aliphatic carbocycles. The molecule has 0 saturated carbocycles. The normalized spacial score (nSPS) is 10.9. The first-order chi connectivity index (χ1) is 9.74. The summed E-state index contributed by atoms with van der Waals surface area (Å²) in [4.78, 5) is 2.34. The molecular weight excluding hydrogens is 246 g/mol. The fourth-order valence-corrected chi connectivity index (χ4v) is 2.23. The van der Waals surface area contributed by atoms with Gasteiger partial charge in [-0.1, -0.05) is 18.2 Å². The van der Waals surface area contributed by atoms with Crippen molar-refractivity contribution in [3.05, 3.63) is 54.1 Å². The van der Waals surface area contributed by atoms with Crippen molar-refractivity contribution in [2.75, 3.05) is 18.0 Å². The summed E-state index contributed by atoms with van der Waals surface area (Å²) in [5.41, 5.74) is 4.27. The summed E-state index contributed by atoms with van der Waals surface area (Å²) in [5.74, 6) is 0. The lowest BCUT2D eigenvalue weighted by atomic mass is 10.1. The van der Waals surface area contributed by atoms with Crippen LogP contribution in [0, 0.1) is 6.92 Å². The topological polar surface area (TPSA) is 28.0 Å². The lowest BCUT2D eigenvalue weighted by Crippen LogP contribution is -2.22. The average molecular weight is 267 g/mol. The largest absolute Gasteiger partial charge is 0.372 e. The van der Waals surface area contributed by atoms with Crippen LogP contribution in [0.3, 0.4) is 0 Å². The predicted molar refractivity (Wildman–Crippen MR) is 85.4 cm³/mol. The van der Waals surface area contributed by atoms with Gasteiger partial charge in [-0.15, -0.1) is 0 Å². The SMILES string of the molecule is CCN(CC)c1ccc(N=Nc2ccccc2)cc1C. The molecule has 0 N–H and O–H groups in total. The van der Waals surface area contributed by atoms with Crippen LogP contribution in [0.2, 0.25) is 0 Å².